The van der Waals surface area contributed by atoms with Crippen molar-refractivity contribution in [3.8, 4) is 11.5 Å². The molecule has 5 rings (SSSR count). The summed E-state index contributed by atoms with van der Waals surface area (Å²) in [5.74, 6) is 0.875. The molecule has 1 aromatic rings. The zero-order valence-electron chi connectivity index (χ0n) is 10.1. The van der Waals surface area contributed by atoms with Gasteiger partial charge in [-0.2, -0.15) is 0 Å². The third kappa shape index (κ3) is 0.887. The van der Waals surface area contributed by atoms with E-state index in [9.17, 15) is 5.11 Å². The monoisotopic (exact) mass is 249 g/mol. The molecule has 0 amide bonds. The Balaban J connectivity index is 1.99. The maximum absolute atomic E-state index is 10.1. The first kappa shape index (κ1) is 9.62. The van der Waals surface area contributed by atoms with Gasteiger partial charge in [-0.25, -0.2) is 0 Å². The van der Waals surface area contributed by atoms with Gasteiger partial charge in [-0.05, 0) is 29.4 Å². The van der Waals surface area contributed by atoms with Gasteiger partial charge in [0.25, 0.3) is 0 Å². The predicted octanol–water partition coefficient (Wildman–Crippen LogP) is 2.72. The van der Waals surface area contributed by atoms with Gasteiger partial charge in [0.15, 0.2) is 11.5 Å². The molecule has 3 heteroatoms. The van der Waals surface area contributed by atoms with E-state index in [0.29, 0.717) is 5.75 Å². The van der Waals surface area contributed by atoms with E-state index < -0.39 is 0 Å². The number of hydrogen-bond acceptors (Lipinski definition) is 3. The first-order valence-electron chi connectivity index (χ1n) is 6.47. The Bertz CT molecular complexity index is 754. The van der Waals surface area contributed by atoms with E-state index in [2.05, 4.69) is 23.2 Å². The number of nitrogens with zero attached hydrogens (tertiary/aromatic N) is 1. The fourth-order valence-corrected chi connectivity index (χ4v) is 3.81. The predicted molar refractivity (Wildman–Crippen MR) is 72.5 cm³/mol. The zero-order chi connectivity index (χ0) is 12.6. The molecular weight excluding hydrogens is 238 g/mol. The Labute approximate surface area is 110 Å². The van der Waals surface area contributed by atoms with Gasteiger partial charge >= 0.3 is 0 Å². The standard InChI is InChI=1S/C16H11NO2/c18-12-5-4-9-8-11-10-2-1-3-13-16(10,6-7-17-11)14(9)15(12)19-13/h1-5,7-8,13,18H,6H2. The lowest BCUT2D eigenvalue weighted by Crippen LogP contribution is -2.44. The van der Waals surface area contributed by atoms with Crippen molar-refractivity contribution in [2.45, 2.75) is 17.9 Å². The summed E-state index contributed by atoms with van der Waals surface area (Å²) in [5.41, 5.74) is 4.32. The van der Waals surface area contributed by atoms with Gasteiger partial charge in [0.2, 0.25) is 0 Å². The molecule has 3 nitrogen and oxygen atoms in total. The second kappa shape index (κ2) is 2.82. The largest absolute Gasteiger partial charge is 0.504 e. The third-order valence-electron chi connectivity index (χ3n) is 4.59. The molecule has 0 radical (unpaired) electrons. The molecule has 0 saturated heterocycles. The van der Waals surface area contributed by atoms with Gasteiger partial charge in [-0.15, -0.1) is 0 Å². The number of ether oxygens (including phenoxy) is 1. The number of phenols is 1. The molecule has 2 aliphatic carbocycles. The SMILES string of the molecule is Oc1ccc2c3c1OC1C=CC=C4C(=C2)N=CCC431. The fraction of sp³-hybridized carbons (Fsp3) is 0.188. The molecule has 1 aromatic carbocycles. The topological polar surface area (TPSA) is 41.8 Å². The molecule has 2 heterocycles. The zero-order valence-corrected chi connectivity index (χ0v) is 10.1. The number of aliphatic imine (C=N–C) groups is 1. The third-order valence-corrected chi connectivity index (χ3v) is 4.59. The van der Waals surface area contributed by atoms with Crippen molar-refractivity contribution in [1.29, 1.82) is 0 Å². The molecule has 1 spiro atoms. The van der Waals surface area contributed by atoms with Crippen molar-refractivity contribution in [3.05, 3.63) is 52.8 Å². The lowest BCUT2D eigenvalue weighted by molar-refractivity contribution is 0.209. The van der Waals surface area contributed by atoms with E-state index in [4.69, 9.17) is 4.74 Å². The van der Waals surface area contributed by atoms with Gasteiger partial charge in [0.05, 0.1) is 11.1 Å². The number of allylic oxidation sites excluding steroid dienone is 3. The molecule has 0 fully saturated rings. The number of phenolic OH excluding ortho intramolecular Hbond substituents is 1. The van der Waals surface area contributed by atoms with Crippen molar-refractivity contribution in [1.82, 2.24) is 0 Å². The van der Waals surface area contributed by atoms with Crippen LogP contribution < -0.4 is 4.74 Å². The summed E-state index contributed by atoms with van der Waals surface area (Å²) in [7, 11) is 0. The molecule has 4 aliphatic rings. The number of aromatic hydroxyl groups is 1. The van der Waals surface area contributed by atoms with Crippen molar-refractivity contribution in [2.75, 3.05) is 0 Å². The Morgan fingerprint density at radius 2 is 2.32 bits per heavy atom. The van der Waals surface area contributed by atoms with Gasteiger partial charge in [-0.1, -0.05) is 18.2 Å². The summed E-state index contributed by atoms with van der Waals surface area (Å²) in [5, 5.41) is 10.1. The molecule has 19 heavy (non-hydrogen) atoms. The summed E-state index contributed by atoms with van der Waals surface area (Å²) in [4.78, 5) is 4.52. The summed E-state index contributed by atoms with van der Waals surface area (Å²) in [6.07, 6.45) is 11.1. The molecule has 2 unspecified atom stereocenters. The summed E-state index contributed by atoms with van der Waals surface area (Å²) < 4.78 is 6.04. The first-order valence-corrected chi connectivity index (χ1v) is 6.47. The number of rotatable bonds is 0. The second-order valence-electron chi connectivity index (χ2n) is 5.40. The number of benzene rings is 1. The Kier molecular flexibility index (Phi) is 1.43. The van der Waals surface area contributed by atoms with Crippen LogP contribution in [-0.4, -0.2) is 17.4 Å². The Hall–Kier alpha value is -2.29. The Morgan fingerprint density at radius 3 is 3.26 bits per heavy atom. The van der Waals surface area contributed by atoms with Crippen LogP contribution in [0.1, 0.15) is 17.5 Å². The molecule has 0 aromatic heterocycles. The van der Waals surface area contributed by atoms with E-state index in [1.165, 1.54) is 5.57 Å². The highest BCUT2D eigenvalue weighted by Gasteiger charge is 2.56. The smallest absolute Gasteiger partial charge is 0.166 e. The minimum Gasteiger partial charge on any atom is -0.504 e. The molecule has 2 bridgehead atoms. The highest BCUT2D eigenvalue weighted by molar-refractivity contribution is 5.85. The molecule has 2 aliphatic heterocycles. The minimum atomic E-state index is -0.177. The minimum absolute atomic E-state index is 0.0370. The molecular formula is C16H11NO2. The van der Waals surface area contributed by atoms with Crippen LogP contribution in [0.2, 0.25) is 0 Å². The maximum atomic E-state index is 10.1. The van der Waals surface area contributed by atoms with Crippen molar-refractivity contribution >= 4 is 12.3 Å². The van der Waals surface area contributed by atoms with Crippen LogP contribution in [0, 0.1) is 0 Å². The van der Waals surface area contributed by atoms with Crippen molar-refractivity contribution < 1.29 is 9.84 Å². The average Bonchev–Trinajstić information content (AvgIpc) is 2.74. The van der Waals surface area contributed by atoms with Gasteiger partial charge in [-0.3, -0.25) is 4.99 Å². The second-order valence-corrected chi connectivity index (χ2v) is 5.40. The van der Waals surface area contributed by atoms with Crippen LogP contribution in [0.25, 0.3) is 6.08 Å². The molecule has 2 atom stereocenters. The van der Waals surface area contributed by atoms with Gasteiger partial charge in [0, 0.05) is 18.2 Å². The van der Waals surface area contributed by atoms with Gasteiger partial charge < -0.3 is 9.84 Å². The van der Waals surface area contributed by atoms with Crippen LogP contribution in [0.3, 0.4) is 0 Å². The van der Waals surface area contributed by atoms with Crippen LogP contribution in [0.5, 0.6) is 11.5 Å². The highest BCUT2D eigenvalue weighted by Crippen LogP contribution is 2.60. The first-order chi connectivity index (χ1) is 9.30. The summed E-state index contributed by atoms with van der Waals surface area (Å²) >= 11 is 0. The summed E-state index contributed by atoms with van der Waals surface area (Å²) in [6, 6.07) is 3.66. The average molecular weight is 249 g/mol. The normalized spacial score (nSPS) is 31.5. The summed E-state index contributed by atoms with van der Waals surface area (Å²) in [6.45, 7) is 0. The van der Waals surface area contributed by atoms with E-state index in [1.54, 1.807) is 6.07 Å². The van der Waals surface area contributed by atoms with E-state index in [-0.39, 0.29) is 17.3 Å². The van der Waals surface area contributed by atoms with Crippen LogP contribution >= 0.6 is 0 Å². The Morgan fingerprint density at radius 1 is 1.37 bits per heavy atom. The lowest BCUT2D eigenvalue weighted by Gasteiger charge is -2.41. The van der Waals surface area contributed by atoms with Gasteiger partial charge in [0.1, 0.15) is 6.10 Å². The van der Waals surface area contributed by atoms with Crippen molar-refractivity contribution in [2.24, 2.45) is 4.99 Å². The van der Waals surface area contributed by atoms with Crippen LogP contribution in [-0.2, 0) is 5.41 Å². The van der Waals surface area contributed by atoms with Crippen LogP contribution in [0.4, 0.5) is 0 Å². The molecule has 1 N–H and O–H groups in total. The van der Waals surface area contributed by atoms with E-state index in [1.807, 2.05) is 18.4 Å². The van der Waals surface area contributed by atoms with Crippen molar-refractivity contribution in [3.63, 3.8) is 0 Å². The van der Waals surface area contributed by atoms with E-state index in [0.717, 1.165) is 23.2 Å². The quantitative estimate of drug-likeness (QED) is 0.768. The maximum Gasteiger partial charge on any atom is 0.166 e. The molecule has 0 saturated carbocycles. The lowest BCUT2D eigenvalue weighted by atomic mass is 9.62. The molecule has 92 valence electrons. The number of hydrogen-bond donors (Lipinski definition) is 1. The highest BCUT2D eigenvalue weighted by atomic mass is 16.5. The fourth-order valence-electron chi connectivity index (χ4n) is 3.81. The van der Waals surface area contributed by atoms with Crippen LogP contribution in [0.15, 0.2) is 46.6 Å². The van der Waals surface area contributed by atoms with E-state index >= 15 is 0 Å².